The maximum atomic E-state index is 12.6. The molecule has 7 heteroatoms. The number of hydrogen-bond donors (Lipinski definition) is 2. The second-order valence-electron chi connectivity index (χ2n) is 10.9. The maximum Gasteiger partial charge on any atom is 0.384 e. The SMILES string of the molecule is C=C1C[C@H](C)C[C@@H]2CC=C[C@@H](CC#CC(=O)O[C@H]([C@@H](O)/C=C/[C@@H]3CC(C)=CCO3)C[C@H]3O[C@H]3[C@@H](O)C1)O2. The van der Waals surface area contributed by atoms with Gasteiger partial charge in [-0.15, -0.1) is 0 Å². The van der Waals surface area contributed by atoms with Crippen molar-refractivity contribution in [3.63, 3.8) is 0 Å². The molecule has 9 atom stereocenters. The van der Waals surface area contributed by atoms with E-state index in [9.17, 15) is 15.0 Å². The first kappa shape index (κ1) is 27.8. The van der Waals surface area contributed by atoms with Gasteiger partial charge in [-0.2, -0.15) is 0 Å². The van der Waals surface area contributed by atoms with Crippen LogP contribution in [0.25, 0.3) is 0 Å². The van der Waals surface area contributed by atoms with Gasteiger partial charge in [0.15, 0.2) is 0 Å². The first-order valence-electron chi connectivity index (χ1n) is 13.4. The van der Waals surface area contributed by atoms with E-state index in [1.54, 1.807) is 12.2 Å². The molecule has 4 aliphatic heterocycles. The number of fused-ring (bicyclic) bond motifs is 3. The summed E-state index contributed by atoms with van der Waals surface area (Å²) in [5.74, 6) is 5.08. The van der Waals surface area contributed by atoms with Crippen LogP contribution in [-0.2, 0) is 23.7 Å². The van der Waals surface area contributed by atoms with Crippen LogP contribution in [0.5, 0.6) is 0 Å². The lowest BCUT2D eigenvalue weighted by atomic mass is 9.91. The third-order valence-electron chi connectivity index (χ3n) is 7.30. The summed E-state index contributed by atoms with van der Waals surface area (Å²) in [4.78, 5) is 12.6. The van der Waals surface area contributed by atoms with Crippen LogP contribution in [0.4, 0.5) is 0 Å². The summed E-state index contributed by atoms with van der Waals surface area (Å²) >= 11 is 0. The molecule has 0 aliphatic carbocycles. The van der Waals surface area contributed by atoms with Crippen molar-refractivity contribution in [1.29, 1.82) is 0 Å². The monoisotopic (exact) mass is 512 g/mol. The van der Waals surface area contributed by atoms with E-state index in [1.165, 1.54) is 5.57 Å². The van der Waals surface area contributed by atoms with Gasteiger partial charge < -0.3 is 29.2 Å². The maximum absolute atomic E-state index is 12.6. The van der Waals surface area contributed by atoms with E-state index in [0.29, 0.717) is 25.4 Å². The van der Waals surface area contributed by atoms with E-state index in [-0.39, 0.29) is 36.9 Å². The lowest BCUT2D eigenvalue weighted by molar-refractivity contribution is -0.146. The molecule has 4 rings (SSSR count). The molecule has 1 fully saturated rings. The van der Waals surface area contributed by atoms with Gasteiger partial charge >= 0.3 is 5.97 Å². The first-order chi connectivity index (χ1) is 17.8. The molecule has 1 saturated heterocycles. The Balaban J connectivity index is 1.45. The van der Waals surface area contributed by atoms with Gasteiger partial charge in [-0.25, -0.2) is 4.79 Å². The zero-order chi connectivity index (χ0) is 26.4. The van der Waals surface area contributed by atoms with Gasteiger partial charge in [-0.3, -0.25) is 0 Å². The Kier molecular flexibility index (Phi) is 9.80. The topological polar surface area (TPSA) is 97.8 Å². The van der Waals surface area contributed by atoms with E-state index in [0.717, 1.165) is 31.3 Å². The minimum absolute atomic E-state index is 0.0882. The van der Waals surface area contributed by atoms with Crippen molar-refractivity contribution < 1.29 is 34.0 Å². The molecule has 7 nitrogen and oxygen atoms in total. The number of esters is 1. The number of hydrogen-bond acceptors (Lipinski definition) is 7. The highest BCUT2D eigenvalue weighted by molar-refractivity contribution is 5.88. The van der Waals surface area contributed by atoms with Crippen LogP contribution >= 0.6 is 0 Å². The van der Waals surface area contributed by atoms with Crippen molar-refractivity contribution in [2.24, 2.45) is 5.92 Å². The molecule has 2 N–H and O–H groups in total. The van der Waals surface area contributed by atoms with Crippen molar-refractivity contribution in [3.8, 4) is 11.8 Å². The molecule has 0 spiro atoms. The molecule has 0 aromatic rings. The Bertz CT molecular complexity index is 970. The van der Waals surface area contributed by atoms with Crippen LogP contribution in [0.2, 0.25) is 0 Å². The number of ether oxygens (including phenoxy) is 4. The van der Waals surface area contributed by atoms with Gasteiger partial charge in [0, 0.05) is 18.8 Å². The molecule has 0 unspecified atom stereocenters. The molecule has 0 amide bonds. The van der Waals surface area contributed by atoms with Crippen LogP contribution in [-0.4, -0.2) is 71.6 Å². The number of rotatable bonds is 3. The second-order valence-corrected chi connectivity index (χ2v) is 10.9. The first-order valence-corrected chi connectivity index (χ1v) is 13.4. The van der Waals surface area contributed by atoms with Crippen LogP contribution in [0, 0.1) is 17.8 Å². The Morgan fingerprint density at radius 1 is 1.22 bits per heavy atom. The highest BCUT2D eigenvalue weighted by Gasteiger charge is 2.46. The third-order valence-corrected chi connectivity index (χ3v) is 7.30. The van der Waals surface area contributed by atoms with Gasteiger partial charge in [0.25, 0.3) is 0 Å². The van der Waals surface area contributed by atoms with E-state index in [2.05, 4.69) is 31.4 Å². The molecule has 4 aliphatic rings. The van der Waals surface area contributed by atoms with Crippen LogP contribution in [0.15, 0.2) is 48.1 Å². The van der Waals surface area contributed by atoms with Crippen molar-refractivity contribution in [2.75, 3.05) is 6.61 Å². The summed E-state index contributed by atoms with van der Waals surface area (Å²) in [6, 6.07) is 0. The van der Waals surface area contributed by atoms with Crippen LogP contribution in [0.3, 0.4) is 0 Å². The van der Waals surface area contributed by atoms with Crippen molar-refractivity contribution in [3.05, 3.63) is 48.1 Å². The normalized spacial score (nSPS) is 38.3. The van der Waals surface area contributed by atoms with E-state index in [4.69, 9.17) is 18.9 Å². The molecule has 0 saturated carbocycles. The van der Waals surface area contributed by atoms with Crippen molar-refractivity contribution in [1.82, 2.24) is 0 Å². The zero-order valence-corrected chi connectivity index (χ0v) is 21.9. The molecular formula is C30H40O7. The number of aliphatic hydroxyl groups is 2. The summed E-state index contributed by atoms with van der Waals surface area (Å²) < 4.78 is 23.2. The summed E-state index contributed by atoms with van der Waals surface area (Å²) in [7, 11) is 0. The van der Waals surface area contributed by atoms with Gasteiger partial charge in [-0.05, 0) is 44.9 Å². The summed E-state index contributed by atoms with van der Waals surface area (Å²) in [6.45, 7) is 8.94. The predicted octanol–water partition coefficient (Wildman–Crippen LogP) is 3.55. The average Bonchev–Trinajstić information content (AvgIpc) is 3.61. The summed E-state index contributed by atoms with van der Waals surface area (Å²) in [5.41, 5.74) is 2.21. The van der Waals surface area contributed by atoms with E-state index in [1.807, 2.05) is 19.1 Å². The largest absolute Gasteiger partial charge is 0.450 e. The number of carbonyl (C=O) groups excluding carboxylic acids is 1. The van der Waals surface area contributed by atoms with Crippen molar-refractivity contribution >= 4 is 5.97 Å². The van der Waals surface area contributed by atoms with Crippen LogP contribution < -0.4 is 0 Å². The third kappa shape index (κ3) is 8.66. The van der Waals surface area contributed by atoms with E-state index >= 15 is 0 Å². The summed E-state index contributed by atoms with van der Waals surface area (Å²) in [5, 5.41) is 21.6. The standard InChI is InChI=1S/C30H40O7/c1-19-12-13-34-23(15-19)10-11-25(31)27-18-28-30(37-28)26(32)17-21(3)14-20(2)16-24-8-4-6-22(35-24)7-5-9-29(33)36-27/h4,6,10-12,20,22-28,30-32H,3,7-8,13-18H2,1-2H3/b11-10+/t20-,22-,23+,24-,25-,26-,27-,28+,30-/m0/s1. The molecule has 0 radical (unpaired) electrons. The molecule has 0 aromatic heterocycles. The molecular weight excluding hydrogens is 472 g/mol. The fourth-order valence-electron chi connectivity index (χ4n) is 5.34. The Morgan fingerprint density at radius 3 is 2.86 bits per heavy atom. The van der Waals surface area contributed by atoms with Gasteiger partial charge in [0.2, 0.25) is 0 Å². The highest BCUT2D eigenvalue weighted by Crippen LogP contribution is 2.34. The molecule has 202 valence electrons. The number of aliphatic hydroxyl groups excluding tert-OH is 2. The van der Waals surface area contributed by atoms with Crippen molar-refractivity contribution in [2.45, 2.75) is 108 Å². The molecule has 0 aromatic carbocycles. The number of cyclic esters (lactones) is 1. The fraction of sp³-hybridized carbons (Fsp3) is 0.633. The Hall–Kier alpha value is -2.21. The predicted molar refractivity (Wildman–Crippen MR) is 139 cm³/mol. The zero-order valence-electron chi connectivity index (χ0n) is 21.9. The average molecular weight is 513 g/mol. The molecule has 2 bridgehead atoms. The van der Waals surface area contributed by atoms with E-state index < -0.39 is 24.3 Å². The Labute approximate surface area is 220 Å². The number of carbonyl (C=O) groups is 1. The molecule has 4 heterocycles. The summed E-state index contributed by atoms with van der Waals surface area (Å²) in [6.07, 6.45) is 10.4. The van der Waals surface area contributed by atoms with Gasteiger partial charge in [0.05, 0.1) is 37.1 Å². The smallest absolute Gasteiger partial charge is 0.384 e. The van der Waals surface area contributed by atoms with Gasteiger partial charge in [0.1, 0.15) is 18.3 Å². The lowest BCUT2D eigenvalue weighted by Crippen LogP contribution is -2.32. The van der Waals surface area contributed by atoms with Gasteiger partial charge in [-0.1, -0.05) is 60.9 Å². The highest BCUT2D eigenvalue weighted by atomic mass is 16.6. The molecule has 37 heavy (non-hydrogen) atoms. The minimum Gasteiger partial charge on any atom is -0.450 e. The quantitative estimate of drug-likeness (QED) is 0.196. The lowest BCUT2D eigenvalue weighted by Gasteiger charge is -2.27. The number of epoxide rings is 1. The second kappa shape index (κ2) is 13.0. The van der Waals surface area contributed by atoms with Crippen LogP contribution in [0.1, 0.15) is 58.8 Å². The minimum atomic E-state index is -1.06. The Morgan fingerprint density at radius 2 is 2.05 bits per heavy atom. The fourth-order valence-corrected chi connectivity index (χ4v) is 5.34.